The molecular formula is C28H29N3O5. The minimum atomic E-state index is -0.257. The van der Waals surface area contributed by atoms with Gasteiger partial charge in [0.1, 0.15) is 6.54 Å². The highest BCUT2D eigenvalue weighted by Crippen LogP contribution is 2.41. The Morgan fingerprint density at radius 2 is 1.67 bits per heavy atom. The van der Waals surface area contributed by atoms with Crippen LogP contribution < -0.4 is 19.5 Å². The number of nitrogens with one attached hydrogen (secondary N) is 1. The number of amides is 2. The summed E-state index contributed by atoms with van der Waals surface area (Å²) in [7, 11) is 4.76. The first-order valence-electron chi connectivity index (χ1n) is 11.7. The van der Waals surface area contributed by atoms with Gasteiger partial charge in [0, 0.05) is 13.1 Å². The predicted octanol–water partition coefficient (Wildman–Crippen LogP) is 3.56. The van der Waals surface area contributed by atoms with Gasteiger partial charge in [-0.1, -0.05) is 30.3 Å². The SMILES string of the molecule is COc1cc(-c2ccc3cc(CC(=O)N4CCC(C(=O)NCC#N)C4)ccc3c2)cc(OC)c1OC. The highest BCUT2D eigenvalue weighted by Gasteiger charge is 2.30. The number of hydrogen-bond acceptors (Lipinski definition) is 6. The second kappa shape index (κ2) is 11.0. The third-order valence-electron chi connectivity index (χ3n) is 6.51. The van der Waals surface area contributed by atoms with E-state index >= 15 is 0 Å². The van der Waals surface area contributed by atoms with E-state index in [2.05, 4.69) is 11.4 Å². The molecule has 1 aliphatic heterocycles. The van der Waals surface area contributed by atoms with E-state index in [9.17, 15) is 9.59 Å². The average molecular weight is 488 g/mol. The summed E-state index contributed by atoms with van der Waals surface area (Å²) >= 11 is 0. The molecule has 1 fully saturated rings. The molecule has 2 amide bonds. The number of rotatable bonds is 8. The Bertz CT molecular complexity index is 1310. The number of carbonyl (C=O) groups excluding carboxylic acids is 2. The lowest BCUT2D eigenvalue weighted by atomic mass is 9.98. The molecule has 1 N–H and O–H groups in total. The number of nitriles is 1. The first-order valence-corrected chi connectivity index (χ1v) is 11.7. The predicted molar refractivity (Wildman–Crippen MR) is 136 cm³/mol. The van der Waals surface area contributed by atoms with Crippen molar-refractivity contribution in [2.45, 2.75) is 12.8 Å². The molecule has 3 aromatic rings. The van der Waals surface area contributed by atoms with Crippen LogP contribution in [0.1, 0.15) is 12.0 Å². The Kier molecular flexibility index (Phi) is 7.59. The zero-order valence-corrected chi connectivity index (χ0v) is 20.7. The molecule has 8 nitrogen and oxygen atoms in total. The monoisotopic (exact) mass is 487 g/mol. The van der Waals surface area contributed by atoms with Gasteiger partial charge < -0.3 is 24.4 Å². The van der Waals surface area contributed by atoms with Gasteiger partial charge in [0.05, 0.1) is 39.7 Å². The van der Waals surface area contributed by atoms with Crippen LogP contribution >= 0.6 is 0 Å². The fourth-order valence-electron chi connectivity index (χ4n) is 4.59. The van der Waals surface area contributed by atoms with E-state index in [4.69, 9.17) is 19.5 Å². The van der Waals surface area contributed by atoms with Crippen molar-refractivity contribution in [3.63, 3.8) is 0 Å². The number of nitrogens with zero attached hydrogens (tertiary/aromatic N) is 2. The smallest absolute Gasteiger partial charge is 0.227 e. The summed E-state index contributed by atoms with van der Waals surface area (Å²) in [4.78, 5) is 26.7. The highest BCUT2D eigenvalue weighted by molar-refractivity contribution is 5.90. The van der Waals surface area contributed by atoms with Crippen molar-refractivity contribution >= 4 is 22.6 Å². The van der Waals surface area contributed by atoms with Gasteiger partial charge in [-0.3, -0.25) is 9.59 Å². The topological polar surface area (TPSA) is 101 Å². The lowest BCUT2D eigenvalue weighted by Crippen LogP contribution is -2.35. The first kappa shape index (κ1) is 24.9. The number of hydrogen-bond donors (Lipinski definition) is 1. The van der Waals surface area contributed by atoms with Crippen LogP contribution in [-0.2, 0) is 16.0 Å². The maximum atomic E-state index is 12.9. The standard InChI is InChI=1S/C28H29N3O5/c1-34-24-15-23(16-25(35-2)27(24)36-3)21-7-6-19-12-18(4-5-20(19)14-21)13-26(32)31-11-8-22(17-31)28(33)30-10-9-29/h4-7,12,14-16,22H,8,10-11,13,17H2,1-3H3,(H,30,33). The second-order valence-corrected chi connectivity index (χ2v) is 8.69. The number of ether oxygens (including phenoxy) is 3. The van der Waals surface area contributed by atoms with E-state index in [0.717, 1.165) is 27.5 Å². The summed E-state index contributed by atoms with van der Waals surface area (Å²) in [5.74, 6) is 1.30. The minimum Gasteiger partial charge on any atom is -0.493 e. The number of benzene rings is 3. The normalized spacial score (nSPS) is 14.8. The second-order valence-electron chi connectivity index (χ2n) is 8.69. The van der Waals surface area contributed by atoms with E-state index in [1.54, 1.807) is 26.2 Å². The molecule has 0 saturated carbocycles. The fraction of sp³-hybridized carbons (Fsp3) is 0.321. The highest BCUT2D eigenvalue weighted by atomic mass is 16.5. The van der Waals surface area contributed by atoms with Gasteiger partial charge in [0.25, 0.3) is 0 Å². The van der Waals surface area contributed by atoms with Crippen LogP contribution in [0.5, 0.6) is 17.2 Å². The maximum Gasteiger partial charge on any atom is 0.227 e. The summed E-state index contributed by atoms with van der Waals surface area (Å²) in [5, 5.41) is 13.3. The van der Waals surface area contributed by atoms with Crippen LogP contribution in [0.4, 0.5) is 0 Å². The third-order valence-corrected chi connectivity index (χ3v) is 6.51. The molecule has 0 aromatic heterocycles. The summed E-state index contributed by atoms with van der Waals surface area (Å²) in [6, 6.07) is 17.9. The van der Waals surface area contributed by atoms with E-state index < -0.39 is 0 Å². The van der Waals surface area contributed by atoms with Gasteiger partial charge in [-0.25, -0.2) is 0 Å². The number of likely N-dealkylation sites (tertiary alicyclic amines) is 1. The molecule has 8 heteroatoms. The molecule has 1 saturated heterocycles. The van der Waals surface area contributed by atoms with Crippen molar-refractivity contribution in [1.82, 2.24) is 10.2 Å². The Morgan fingerprint density at radius 3 is 2.33 bits per heavy atom. The van der Waals surface area contributed by atoms with E-state index in [0.29, 0.717) is 36.8 Å². The number of carbonyl (C=O) groups is 2. The van der Waals surface area contributed by atoms with Crippen molar-refractivity contribution in [3.8, 4) is 34.4 Å². The van der Waals surface area contributed by atoms with E-state index in [-0.39, 0.29) is 30.7 Å². The fourth-order valence-corrected chi connectivity index (χ4v) is 4.59. The van der Waals surface area contributed by atoms with Crippen molar-refractivity contribution in [1.29, 1.82) is 5.26 Å². The van der Waals surface area contributed by atoms with Crippen LogP contribution in [0.2, 0.25) is 0 Å². The molecular weight excluding hydrogens is 458 g/mol. The molecule has 1 aliphatic rings. The van der Waals surface area contributed by atoms with Crippen molar-refractivity contribution < 1.29 is 23.8 Å². The molecule has 1 atom stereocenters. The molecule has 186 valence electrons. The lowest BCUT2D eigenvalue weighted by molar-refractivity contribution is -0.130. The molecule has 3 aromatic carbocycles. The zero-order valence-electron chi connectivity index (χ0n) is 20.7. The van der Waals surface area contributed by atoms with Gasteiger partial charge in [0.2, 0.25) is 17.6 Å². The largest absolute Gasteiger partial charge is 0.493 e. The van der Waals surface area contributed by atoms with Gasteiger partial charge in [0.15, 0.2) is 11.5 Å². The van der Waals surface area contributed by atoms with E-state index in [1.165, 1.54) is 0 Å². The molecule has 4 rings (SSSR count). The summed E-state index contributed by atoms with van der Waals surface area (Å²) in [5.41, 5.74) is 2.86. The Morgan fingerprint density at radius 1 is 0.972 bits per heavy atom. The Balaban J connectivity index is 1.49. The number of methoxy groups -OCH3 is 3. The molecule has 0 bridgehead atoms. The summed E-state index contributed by atoms with van der Waals surface area (Å²) < 4.78 is 16.4. The Labute approximate surface area is 210 Å². The molecule has 1 heterocycles. The zero-order chi connectivity index (χ0) is 25.7. The van der Waals surface area contributed by atoms with Gasteiger partial charge >= 0.3 is 0 Å². The van der Waals surface area contributed by atoms with Crippen LogP contribution in [0.15, 0.2) is 48.5 Å². The molecule has 0 radical (unpaired) electrons. The molecule has 1 unspecified atom stereocenters. The summed E-state index contributed by atoms with van der Waals surface area (Å²) in [6.07, 6.45) is 0.890. The van der Waals surface area contributed by atoms with Gasteiger partial charge in [-0.05, 0) is 52.1 Å². The van der Waals surface area contributed by atoms with Crippen LogP contribution in [0.25, 0.3) is 21.9 Å². The van der Waals surface area contributed by atoms with Crippen LogP contribution in [0.3, 0.4) is 0 Å². The maximum absolute atomic E-state index is 12.9. The van der Waals surface area contributed by atoms with Gasteiger partial charge in [-0.15, -0.1) is 0 Å². The van der Waals surface area contributed by atoms with Crippen molar-refractivity contribution in [3.05, 3.63) is 54.1 Å². The minimum absolute atomic E-state index is 0.000948. The molecule has 0 aliphatic carbocycles. The first-order chi connectivity index (χ1) is 17.5. The number of fused-ring (bicyclic) bond motifs is 1. The van der Waals surface area contributed by atoms with Gasteiger partial charge in [-0.2, -0.15) is 5.26 Å². The third kappa shape index (κ3) is 5.20. The lowest BCUT2D eigenvalue weighted by Gasteiger charge is -2.17. The van der Waals surface area contributed by atoms with Crippen LogP contribution in [-0.4, -0.2) is 57.7 Å². The Hall–Kier alpha value is -4.25. The average Bonchev–Trinajstić information content (AvgIpc) is 3.41. The quantitative estimate of drug-likeness (QED) is 0.488. The summed E-state index contributed by atoms with van der Waals surface area (Å²) in [6.45, 7) is 0.929. The van der Waals surface area contributed by atoms with Crippen LogP contribution in [0, 0.1) is 17.2 Å². The van der Waals surface area contributed by atoms with E-state index in [1.807, 2.05) is 48.5 Å². The molecule has 0 spiro atoms. The molecule has 36 heavy (non-hydrogen) atoms. The van der Waals surface area contributed by atoms with Crippen molar-refractivity contribution in [2.75, 3.05) is 41.0 Å². The van der Waals surface area contributed by atoms with Crippen molar-refractivity contribution in [2.24, 2.45) is 5.92 Å².